The first-order valence-corrected chi connectivity index (χ1v) is 15.3. The van der Waals surface area contributed by atoms with Crippen molar-refractivity contribution in [1.29, 1.82) is 0 Å². The molecule has 2 N–H and O–H groups in total. The number of Topliss-reactive ketones (excluding diaryl/α,β-unsaturated/α-hetero) is 1. The summed E-state index contributed by atoms with van der Waals surface area (Å²) >= 11 is 0. The number of sulfonamides is 1. The second-order valence-electron chi connectivity index (χ2n) is 10.0. The first-order chi connectivity index (χ1) is 19.7. The normalized spacial score (nSPS) is 13.8. The zero-order chi connectivity index (χ0) is 29.2. The molecule has 0 fully saturated rings. The van der Waals surface area contributed by atoms with Crippen LogP contribution in [0.4, 0.5) is 4.79 Å². The number of oxazole rings is 1. The molecule has 3 aromatic carbocycles. The number of benzene rings is 3. The second-order valence-corrected chi connectivity index (χ2v) is 11.8. The Morgan fingerprint density at radius 2 is 1.56 bits per heavy atom. The van der Waals surface area contributed by atoms with Crippen LogP contribution in [0, 0.1) is 5.92 Å². The van der Waals surface area contributed by atoms with Crippen molar-refractivity contribution < 1.29 is 27.2 Å². The molecule has 0 aliphatic rings. The number of hydrogen-bond donors (Lipinski definition) is 2. The van der Waals surface area contributed by atoms with Gasteiger partial charge in [-0.1, -0.05) is 93.1 Å². The predicted octanol–water partition coefficient (Wildman–Crippen LogP) is 5.27. The van der Waals surface area contributed by atoms with Gasteiger partial charge in [-0.05, 0) is 42.0 Å². The number of para-hydroxylation sites is 2. The summed E-state index contributed by atoms with van der Waals surface area (Å²) in [5.41, 5.74) is 2.73. The van der Waals surface area contributed by atoms with Crippen LogP contribution >= 0.6 is 0 Å². The van der Waals surface area contributed by atoms with Crippen LogP contribution in [0.15, 0.2) is 89.3 Å². The highest BCUT2D eigenvalue weighted by Gasteiger charge is 2.32. The summed E-state index contributed by atoms with van der Waals surface area (Å²) in [6.45, 7) is 3.83. The van der Waals surface area contributed by atoms with Crippen molar-refractivity contribution in [3.8, 4) is 0 Å². The van der Waals surface area contributed by atoms with E-state index in [-0.39, 0.29) is 24.8 Å². The highest BCUT2D eigenvalue weighted by molar-refractivity contribution is 7.89. The maximum Gasteiger partial charge on any atom is 0.407 e. The Bertz CT molecular complexity index is 1510. The number of rotatable bonds is 14. The molecule has 0 spiro atoms. The van der Waals surface area contributed by atoms with Crippen molar-refractivity contribution in [2.45, 2.75) is 51.8 Å². The number of carbonyl (C=O) groups is 2. The average molecular weight is 578 g/mol. The van der Waals surface area contributed by atoms with Gasteiger partial charge in [0.25, 0.3) is 5.89 Å². The monoisotopic (exact) mass is 577 g/mol. The summed E-state index contributed by atoms with van der Waals surface area (Å²) in [6.07, 6.45) is 0.566. The Morgan fingerprint density at radius 1 is 0.927 bits per heavy atom. The zero-order valence-corrected chi connectivity index (χ0v) is 24.0. The van der Waals surface area contributed by atoms with Gasteiger partial charge in [-0.15, -0.1) is 0 Å². The number of fused-ring (bicyclic) bond motifs is 1. The van der Waals surface area contributed by atoms with E-state index in [0.29, 0.717) is 23.9 Å². The van der Waals surface area contributed by atoms with E-state index in [1.165, 1.54) is 0 Å². The third kappa shape index (κ3) is 8.73. The molecule has 1 amide bonds. The molecule has 4 rings (SSSR count). The topological polar surface area (TPSA) is 128 Å². The van der Waals surface area contributed by atoms with Crippen LogP contribution in [0.1, 0.15) is 48.5 Å². The van der Waals surface area contributed by atoms with E-state index in [9.17, 15) is 18.0 Å². The Hall–Kier alpha value is -4.02. The lowest BCUT2D eigenvalue weighted by atomic mass is 10.0. The fourth-order valence-corrected chi connectivity index (χ4v) is 6.02. The van der Waals surface area contributed by atoms with Crippen molar-refractivity contribution in [2.75, 3.05) is 5.75 Å². The molecule has 0 bridgehead atoms. The molecular formula is C31H35N3O6S. The third-order valence-corrected chi connectivity index (χ3v) is 8.39. The molecule has 9 nitrogen and oxygen atoms in total. The average Bonchev–Trinajstić information content (AvgIpc) is 3.42. The van der Waals surface area contributed by atoms with Crippen molar-refractivity contribution in [2.24, 2.45) is 5.92 Å². The standard InChI is InChI=1S/C31H35N3O6S/c1-3-22(2)27(33-31(36)39-20-24-14-8-5-9-15-24)21-41(37,38)34-26(19-18-23-12-6-4-7-13-23)29(35)30-32-25-16-10-11-17-28(25)40-30/h4-17,22,26-27,34H,3,18-21H2,1-2H3,(H,33,36). The largest absolute Gasteiger partial charge is 0.445 e. The molecule has 4 aromatic rings. The zero-order valence-electron chi connectivity index (χ0n) is 23.2. The number of alkyl carbamates (subject to hydrolysis) is 1. The van der Waals surface area contributed by atoms with Crippen molar-refractivity contribution >= 4 is 33.0 Å². The van der Waals surface area contributed by atoms with E-state index in [4.69, 9.17) is 9.15 Å². The molecule has 41 heavy (non-hydrogen) atoms. The first-order valence-electron chi connectivity index (χ1n) is 13.6. The van der Waals surface area contributed by atoms with Crippen LogP contribution in [-0.4, -0.2) is 43.1 Å². The van der Waals surface area contributed by atoms with Crippen LogP contribution in [0.2, 0.25) is 0 Å². The fourth-order valence-electron chi connectivity index (χ4n) is 4.38. The molecule has 10 heteroatoms. The van der Waals surface area contributed by atoms with E-state index in [1.54, 1.807) is 24.3 Å². The van der Waals surface area contributed by atoms with Crippen LogP contribution in [0.5, 0.6) is 0 Å². The molecule has 0 radical (unpaired) electrons. The van der Waals surface area contributed by atoms with Crippen molar-refractivity contribution in [3.63, 3.8) is 0 Å². The molecule has 0 saturated heterocycles. The predicted molar refractivity (Wildman–Crippen MR) is 157 cm³/mol. The number of hydrogen-bond acceptors (Lipinski definition) is 7. The number of ketones is 1. The quantitative estimate of drug-likeness (QED) is 0.195. The lowest BCUT2D eigenvalue weighted by Gasteiger charge is -2.25. The van der Waals surface area contributed by atoms with Gasteiger partial charge in [0.15, 0.2) is 5.58 Å². The molecule has 1 heterocycles. The molecular weight excluding hydrogens is 542 g/mol. The van der Waals surface area contributed by atoms with E-state index < -0.39 is 39.7 Å². The minimum atomic E-state index is -4.05. The van der Waals surface area contributed by atoms with Gasteiger partial charge in [-0.25, -0.2) is 22.9 Å². The number of nitrogens with one attached hydrogen (secondary N) is 2. The lowest BCUT2D eigenvalue weighted by molar-refractivity contribution is 0.0916. The molecule has 3 atom stereocenters. The van der Waals surface area contributed by atoms with Gasteiger partial charge in [0.2, 0.25) is 15.8 Å². The molecule has 3 unspecified atom stereocenters. The lowest BCUT2D eigenvalue weighted by Crippen LogP contribution is -2.49. The number of aryl methyl sites for hydroxylation is 1. The molecule has 1 aromatic heterocycles. The number of aromatic nitrogens is 1. The van der Waals surface area contributed by atoms with E-state index >= 15 is 0 Å². The van der Waals surface area contributed by atoms with E-state index in [2.05, 4.69) is 15.0 Å². The van der Waals surface area contributed by atoms with Crippen molar-refractivity contribution in [1.82, 2.24) is 15.0 Å². The molecule has 0 aliphatic heterocycles. The maximum absolute atomic E-state index is 13.5. The Morgan fingerprint density at radius 3 is 2.22 bits per heavy atom. The summed E-state index contributed by atoms with van der Waals surface area (Å²) in [6, 6.07) is 23.8. The Kier molecular flexibility index (Phi) is 10.3. The summed E-state index contributed by atoms with van der Waals surface area (Å²) in [4.78, 5) is 30.4. The van der Waals surface area contributed by atoms with Gasteiger partial charge in [-0.3, -0.25) is 4.79 Å². The van der Waals surface area contributed by atoms with Gasteiger partial charge in [0.05, 0.1) is 11.8 Å². The van der Waals surface area contributed by atoms with E-state index in [0.717, 1.165) is 11.1 Å². The highest BCUT2D eigenvalue weighted by Crippen LogP contribution is 2.19. The van der Waals surface area contributed by atoms with Crippen LogP contribution in [0.3, 0.4) is 0 Å². The van der Waals surface area contributed by atoms with Crippen LogP contribution in [0.25, 0.3) is 11.1 Å². The fraction of sp³-hybridized carbons (Fsp3) is 0.323. The number of nitrogens with zero attached hydrogens (tertiary/aromatic N) is 1. The summed E-state index contributed by atoms with van der Waals surface area (Å²) in [5.74, 6) is -1.32. The third-order valence-electron chi connectivity index (χ3n) is 6.95. The molecule has 0 aliphatic carbocycles. The number of ether oxygens (including phenoxy) is 1. The first kappa shape index (κ1) is 30.0. The van der Waals surface area contributed by atoms with E-state index in [1.807, 2.05) is 74.5 Å². The van der Waals surface area contributed by atoms with Crippen LogP contribution in [-0.2, 0) is 27.8 Å². The maximum atomic E-state index is 13.5. The molecule has 216 valence electrons. The Balaban J connectivity index is 1.48. The van der Waals surface area contributed by atoms with Crippen LogP contribution < -0.4 is 10.0 Å². The van der Waals surface area contributed by atoms with Gasteiger partial charge in [0, 0.05) is 6.04 Å². The smallest absolute Gasteiger partial charge is 0.407 e. The highest BCUT2D eigenvalue weighted by atomic mass is 32.2. The number of amides is 1. The summed E-state index contributed by atoms with van der Waals surface area (Å²) < 4.78 is 40.5. The van der Waals surface area contributed by atoms with Crippen molar-refractivity contribution in [3.05, 3.63) is 102 Å². The van der Waals surface area contributed by atoms with Gasteiger partial charge >= 0.3 is 6.09 Å². The SMILES string of the molecule is CCC(C)C(CS(=O)(=O)NC(CCc1ccccc1)C(=O)c1nc2ccccc2o1)NC(=O)OCc1ccccc1. The van der Waals surface area contributed by atoms with Gasteiger partial charge in [-0.2, -0.15) is 0 Å². The second kappa shape index (κ2) is 14.0. The Labute approximate surface area is 240 Å². The minimum absolute atomic E-state index is 0.0610. The summed E-state index contributed by atoms with van der Waals surface area (Å²) in [7, 11) is -4.05. The minimum Gasteiger partial charge on any atom is -0.445 e. The summed E-state index contributed by atoms with van der Waals surface area (Å²) in [5, 5.41) is 2.71. The number of carbonyl (C=O) groups excluding carboxylic acids is 2. The molecule has 0 saturated carbocycles. The van der Waals surface area contributed by atoms with Gasteiger partial charge in [0.1, 0.15) is 12.1 Å². The van der Waals surface area contributed by atoms with Gasteiger partial charge < -0.3 is 14.5 Å².